The van der Waals surface area contributed by atoms with E-state index < -0.39 is 0 Å². The van der Waals surface area contributed by atoms with Gasteiger partial charge in [-0.3, -0.25) is 0 Å². The molecule has 0 heterocycles. The predicted octanol–water partition coefficient (Wildman–Crippen LogP) is 0.641. The topological polar surface area (TPSA) is 27.7 Å². The standard InChI is InChI=1S/C2H6O3S2/c6-2-1-3-4-5-7/h6-7H,1-2H2. The van der Waals surface area contributed by atoms with E-state index in [0.717, 1.165) is 0 Å². The normalized spacial score (nSPS) is 9.43. The van der Waals surface area contributed by atoms with E-state index in [4.69, 9.17) is 0 Å². The summed E-state index contributed by atoms with van der Waals surface area (Å²) < 4.78 is 3.78. The van der Waals surface area contributed by atoms with Crippen molar-refractivity contribution in [1.82, 2.24) is 0 Å². The fourth-order valence-electron chi connectivity index (χ4n) is 0.0928. The summed E-state index contributed by atoms with van der Waals surface area (Å²) in [4.78, 5) is 4.26. The van der Waals surface area contributed by atoms with Crippen molar-refractivity contribution in [3.05, 3.63) is 0 Å². The molecule has 0 spiro atoms. The lowest BCUT2D eigenvalue weighted by molar-refractivity contribution is -0.456. The van der Waals surface area contributed by atoms with Crippen LogP contribution in [0.1, 0.15) is 0 Å². The third-order valence-corrected chi connectivity index (χ3v) is 0.497. The molecule has 0 N–H and O–H groups in total. The summed E-state index contributed by atoms with van der Waals surface area (Å²) >= 11 is 7.03. The first-order chi connectivity index (χ1) is 3.41. The van der Waals surface area contributed by atoms with E-state index in [-0.39, 0.29) is 0 Å². The van der Waals surface area contributed by atoms with Crippen LogP contribution in [0.5, 0.6) is 0 Å². The quantitative estimate of drug-likeness (QED) is 0.198. The molecule has 5 heteroatoms. The molecule has 0 aromatic carbocycles. The molecule has 0 aliphatic rings. The van der Waals surface area contributed by atoms with Crippen LogP contribution >= 0.6 is 25.5 Å². The molecule has 7 heavy (non-hydrogen) atoms. The van der Waals surface area contributed by atoms with Gasteiger partial charge in [0, 0.05) is 18.7 Å². The molecule has 0 bridgehead atoms. The summed E-state index contributed by atoms with van der Waals surface area (Å²) in [6.45, 7) is 0.393. The van der Waals surface area contributed by atoms with Crippen LogP contribution in [0, 0.1) is 0 Å². The molecular formula is C2H6O3S2. The van der Waals surface area contributed by atoms with Gasteiger partial charge in [0.2, 0.25) is 0 Å². The second-order valence-electron chi connectivity index (χ2n) is 0.688. The van der Waals surface area contributed by atoms with E-state index in [1.54, 1.807) is 0 Å². The van der Waals surface area contributed by atoms with Crippen molar-refractivity contribution < 1.29 is 14.3 Å². The molecule has 0 saturated carbocycles. The lowest BCUT2D eigenvalue weighted by Crippen LogP contribution is -1.93. The Labute approximate surface area is 52.8 Å². The minimum atomic E-state index is 0.393. The Balaban J connectivity index is 2.45. The number of hydrogen-bond acceptors (Lipinski definition) is 5. The number of thiol groups is 2. The van der Waals surface area contributed by atoms with Crippen LogP contribution in [0.4, 0.5) is 0 Å². The van der Waals surface area contributed by atoms with Gasteiger partial charge in [0.05, 0.1) is 6.61 Å². The summed E-state index contributed by atoms with van der Waals surface area (Å²) in [5.74, 6) is 0.594. The highest BCUT2D eigenvalue weighted by Crippen LogP contribution is 1.83. The molecule has 44 valence electrons. The van der Waals surface area contributed by atoms with E-state index in [1.165, 1.54) is 0 Å². The highest BCUT2D eigenvalue weighted by atomic mass is 32.1. The van der Waals surface area contributed by atoms with Gasteiger partial charge in [-0.15, -0.1) is 4.33 Å². The van der Waals surface area contributed by atoms with Gasteiger partial charge >= 0.3 is 0 Å². The highest BCUT2D eigenvalue weighted by Gasteiger charge is 1.80. The van der Waals surface area contributed by atoms with Crippen LogP contribution in [-0.4, -0.2) is 12.4 Å². The lowest BCUT2D eigenvalue weighted by Gasteiger charge is -1.92. The van der Waals surface area contributed by atoms with Crippen LogP contribution < -0.4 is 0 Å². The molecule has 0 saturated heterocycles. The molecule has 0 aromatic heterocycles. The maximum absolute atomic E-state index is 4.26. The zero-order chi connectivity index (χ0) is 5.54. The van der Waals surface area contributed by atoms with Crippen LogP contribution in [0.25, 0.3) is 0 Å². The first kappa shape index (κ1) is 7.58. The van der Waals surface area contributed by atoms with Gasteiger partial charge < -0.3 is 0 Å². The van der Waals surface area contributed by atoms with Gasteiger partial charge in [0.25, 0.3) is 0 Å². The van der Waals surface area contributed by atoms with Gasteiger partial charge in [-0.05, 0) is 0 Å². The van der Waals surface area contributed by atoms with Gasteiger partial charge in [0.15, 0.2) is 0 Å². The Morgan fingerprint density at radius 1 is 1.43 bits per heavy atom. The van der Waals surface area contributed by atoms with Crippen LogP contribution in [0.2, 0.25) is 0 Å². The third kappa shape index (κ3) is 6.58. The predicted molar refractivity (Wildman–Crippen MR) is 31.0 cm³/mol. The van der Waals surface area contributed by atoms with Crippen molar-refractivity contribution >= 4 is 25.5 Å². The summed E-state index contributed by atoms with van der Waals surface area (Å²) in [7, 11) is 0. The Morgan fingerprint density at radius 3 is 2.57 bits per heavy atom. The maximum atomic E-state index is 4.26. The van der Waals surface area contributed by atoms with Crippen molar-refractivity contribution in [1.29, 1.82) is 0 Å². The minimum Gasteiger partial charge on any atom is -0.204 e. The molecule has 0 rings (SSSR count). The second kappa shape index (κ2) is 6.58. The molecule has 0 fully saturated rings. The van der Waals surface area contributed by atoms with Gasteiger partial charge in [-0.25, -0.2) is 4.89 Å². The van der Waals surface area contributed by atoms with Crippen molar-refractivity contribution in [2.45, 2.75) is 0 Å². The van der Waals surface area contributed by atoms with Gasteiger partial charge in [0.1, 0.15) is 0 Å². The van der Waals surface area contributed by atoms with E-state index in [0.29, 0.717) is 12.4 Å². The monoisotopic (exact) mass is 142 g/mol. The fourth-order valence-corrected chi connectivity index (χ4v) is 0.210. The van der Waals surface area contributed by atoms with Crippen molar-refractivity contribution in [3.8, 4) is 0 Å². The van der Waals surface area contributed by atoms with E-state index in [9.17, 15) is 0 Å². The second-order valence-corrected chi connectivity index (χ2v) is 1.28. The van der Waals surface area contributed by atoms with Crippen molar-refractivity contribution in [3.63, 3.8) is 0 Å². The Morgan fingerprint density at radius 2 is 2.14 bits per heavy atom. The highest BCUT2D eigenvalue weighted by molar-refractivity contribution is 7.80. The summed E-state index contributed by atoms with van der Waals surface area (Å²) in [5.41, 5.74) is 0. The average molecular weight is 142 g/mol. The maximum Gasteiger partial charge on any atom is 0.0942 e. The fraction of sp³-hybridized carbons (Fsp3) is 1.00. The van der Waals surface area contributed by atoms with E-state index in [1.807, 2.05) is 0 Å². The zero-order valence-corrected chi connectivity index (χ0v) is 5.32. The average Bonchev–Trinajstić information content (AvgIpc) is 1.69. The van der Waals surface area contributed by atoms with Crippen LogP contribution in [0.15, 0.2) is 0 Å². The SMILES string of the molecule is SCCOOOS. The first-order valence-electron chi connectivity index (χ1n) is 1.62. The Kier molecular flexibility index (Phi) is 7.13. The first-order valence-corrected chi connectivity index (χ1v) is 2.62. The molecule has 0 aromatic rings. The minimum absolute atomic E-state index is 0.393. The van der Waals surface area contributed by atoms with Gasteiger partial charge in [-0.2, -0.15) is 12.6 Å². The summed E-state index contributed by atoms with van der Waals surface area (Å²) in [6.07, 6.45) is 0. The smallest absolute Gasteiger partial charge is 0.0942 e. The third-order valence-electron chi connectivity index (χ3n) is 0.253. The molecule has 0 radical (unpaired) electrons. The Bertz CT molecular complexity index is 30.1. The number of rotatable bonds is 4. The molecule has 0 aliphatic heterocycles. The van der Waals surface area contributed by atoms with Crippen LogP contribution in [-0.2, 0) is 14.3 Å². The molecular weight excluding hydrogens is 136 g/mol. The zero-order valence-electron chi connectivity index (χ0n) is 3.53. The molecule has 0 aliphatic carbocycles. The van der Waals surface area contributed by atoms with Crippen molar-refractivity contribution in [2.24, 2.45) is 0 Å². The molecule has 0 amide bonds. The molecule has 0 atom stereocenters. The number of hydrogen-bond donors (Lipinski definition) is 2. The van der Waals surface area contributed by atoms with Gasteiger partial charge in [-0.1, -0.05) is 5.04 Å². The van der Waals surface area contributed by atoms with Crippen LogP contribution in [0.3, 0.4) is 0 Å². The summed E-state index contributed by atoms with van der Waals surface area (Å²) in [6, 6.07) is 0. The van der Waals surface area contributed by atoms with Crippen molar-refractivity contribution in [2.75, 3.05) is 12.4 Å². The Hall–Kier alpha value is 0.580. The lowest BCUT2D eigenvalue weighted by atomic mass is 10.9. The van der Waals surface area contributed by atoms with E-state index in [2.05, 4.69) is 39.8 Å². The van der Waals surface area contributed by atoms with E-state index >= 15 is 0 Å². The molecule has 3 nitrogen and oxygen atoms in total. The molecule has 0 unspecified atom stereocenters. The summed E-state index contributed by atoms with van der Waals surface area (Å²) in [5, 5.41) is 3.89. The largest absolute Gasteiger partial charge is 0.204 e.